The van der Waals surface area contributed by atoms with Crippen LogP contribution in [-0.4, -0.2) is 15.5 Å². The number of allylic oxidation sites excluding steroid dienone is 2. The topological polar surface area (TPSA) is 37.3 Å². The lowest BCUT2D eigenvalue weighted by atomic mass is 10.1. The molecule has 3 heteroatoms. The van der Waals surface area contributed by atoms with Crippen molar-refractivity contribution < 1.29 is 9.90 Å². The van der Waals surface area contributed by atoms with Gasteiger partial charge in [-0.1, -0.05) is 54.0 Å². The SMILES string of the molecule is O=C(O)CCCCC/C=C/CCCCCCI. The average Bonchev–Trinajstić information content (AvgIpc) is 2.30. The summed E-state index contributed by atoms with van der Waals surface area (Å²) in [6, 6.07) is 0. The van der Waals surface area contributed by atoms with Crippen molar-refractivity contribution in [3.8, 4) is 0 Å². The van der Waals surface area contributed by atoms with Gasteiger partial charge >= 0.3 is 5.97 Å². The normalized spacial score (nSPS) is 11.1. The molecule has 0 aliphatic rings. The summed E-state index contributed by atoms with van der Waals surface area (Å²) in [5.41, 5.74) is 0. The molecule has 17 heavy (non-hydrogen) atoms. The van der Waals surface area contributed by atoms with Crippen molar-refractivity contribution in [1.29, 1.82) is 0 Å². The van der Waals surface area contributed by atoms with Gasteiger partial charge in [0, 0.05) is 6.42 Å². The summed E-state index contributed by atoms with van der Waals surface area (Å²) in [6.07, 6.45) is 15.5. The van der Waals surface area contributed by atoms with Gasteiger partial charge in [0.25, 0.3) is 0 Å². The molecule has 2 nitrogen and oxygen atoms in total. The molecular formula is C14H25IO2. The number of rotatable bonds is 12. The Hall–Kier alpha value is -0.0600. The highest BCUT2D eigenvalue weighted by Gasteiger charge is 1.94. The van der Waals surface area contributed by atoms with Gasteiger partial charge < -0.3 is 5.11 Å². The summed E-state index contributed by atoms with van der Waals surface area (Å²) in [5.74, 6) is -0.674. The first kappa shape index (κ1) is 16.9. The number of halogens is 1. The zero-order chi connectivity index (χ0) is 12.8. The summed E-state index contributed by atoms with van der Waals surface area (Å²) in [6.45, 7) is 0. The molecule has 0 aromatic heterocycles. The fraction of sp³-hybridized carbons (Fsp3) is 0.786. The van der Waals surface area contributed by atoms with E-state index in [-0.39, 0.29) is 0 Å². The van der Waals surface area contributed by atoms with E-state index >= 15 is 0 Å². The predicted octanol–water partition coefficient (Wildman–Crippen LogP) is 4.96. The maximum atomic E-state index is 10.3. The monoisotopic (exact) mass is 352 g/mol. The summed E-state index contributed by atoms with van der Waals surface area (Å²) < 4.78 is 1.28. The fourth-order valence-electron chi connectivity index (χ4n) is 1.66. The molecule has 0 unspecified atom stereocenters. The van der Waals surface area contributed by atoms with Crippen molar-refractivity contribution in [2.75, 3.05) is 4.43 Å². The maximum Gasteiger partial charge on any atom is 0.303 e. The molecule has 0 aromatic rings. The van der Waals surface area contributed by atoms with Crippen LogP contribution in [0.4, 0.5) is 0 Å². The number of unbranched alkanes of at least 4 members (excludes halogenated alkanes) is 7. The van der Waals surface area contributed by atoms with E-state index < -0.39 is 5.97 Å². The van der Waals surface area contributed by atoms with E-state index in [2.05, 4.69) is 34.7 Å². The molecule has 0 spiro atoms. The molecule has 0 heterocycles. The maximum absolute atomic E-state index is 10.3. The molecule has 0 atom stereocenters. The molecule has 0 fully saturated rings. The van der Waals surface area contributed by atoms with E-state index in [4.69, 9.17) is 5.11 Å². The Morgan fingerprint density at radius 1 is 0.882 bits per heavy atom. The first-order valence-corrected chi connectivity index (χ1v) is 8.22. The number of hydrogen-bond acceptors (Lipinski definition) is 1. The third-order valence-corrected chi connectivity index (χ3v) is 3.45. The molecule has 0 rings (SSSR count). The van der Waals surface area contributed by atoms with E-state index in [0.29, 0.717) is 6.42 Å². The van der Waals surface area contributed by atoms with Crippen LogP contribution in [0.15, 0.2) is 12.2 Å². The van der Waals surface area contributed by atoms with Gasteiger partial charge in [-0.15, -0.1) is 0 Å². The van der Waals surface area contributed by atoms with Crippen molar-refractivity contribution in [1.82, 2.24) is 0 Å². The van der Waals surface area contributed by atoms with Gasteiger partial charge in [-0.05, 0) is 43.0 Å². The second-order valence-electron chi connectivity index (χ2n) is 4.36. The Morgan fingerprint density at radius 2 is 1.41 bits per heavy atom. The second-order valence-corrected chi connectivity index (χ2v) is 5.44. The minimum absolute atomic E-state index is 0.320. The number of aliphatic carboxylic acids is 1. The van der Waals surface area contributed by atoms with Gasteiger partial charge in [-0.3, -0.25) is 4.79 Å². The van der Waals surface area contributed by atoms with E-state index in [9.17, 15) is 4.79 Å². The Labute approximate surface area is 119 Å². The van der Waals surface area contributed by atoms with Crippen molar-refractivity contribution >= 4 is 28.6 Å². The Morgan fingerprint density at radius 3 is 1.94 bits per heavy atom. The van der Waals surface area contributed by atoms with E-state index in [1.165, 1.54) is 36.5 Å². The Kier molecular flexibility index (Phi) is 14.0. The highest BCUT2D eigenvalue weighted by molar-refractivity contribution is 14.1. The molecule has 1 N–H and O–H groups in total. The largest absolute Gasteiger partial charge is 0.481 e. The third kappa shape index (κ3) is 15.9. The smallest absolute Gasteiger partial charge is 0.303 e. The molecule has 0 bridgehead atoms. The Balaban J connectivity index is 3.07. The number of hydrogen-bond donors (Lipinski definition) is 1. The zero-order valence-electron chi connectivity index (χ0n) is 10.7. The van der Waals surface area contributed by atoms with Crippen molar-refractivity contribution in [2.45, 2.75) is 64.2 Å². The lowest BCUT2D eigenvalue weighted by Crippen LogP contribution is -1.93. The highest BCUT2D eigenvalue weighted by atomic mass is 127. The van der Waals surface area contributed by atoms with Crippen LogP contribution in [-0.2, 0) is 4.79 Å². The minimum Gasteiger partial charge on any atom is -0.481 e. The van der Waals surface area contributed by atoms with E-state index in [1.807, 2.05) is 0 Å². The predicted molar refractivity (Wildman–Crippen MR) is 81.8 cm³/mol. The molecule has 0 amide bonds. The van der Waals surface area contributed by atoms with Gasteiger partial charge in [0.2, 0.25) is 0 Å². The number of carbonyl (C=O) groups is 1. The quantitative estimate of drug-likeness (QED) is 0.233. The number of carboxylic acids is 1. The van der Waals surface area contributed by atoms with Crippen molar-refractivity contribution in [2.24, 2.45) is 0 Å². The first-order chi connectivity index (χ1) is 8.27. The van der Waals surface area contributed by atoms with Gasteiger partial charge in [0.1, 0.15) is 0 Å². The fourth-order valence-corrected chi connectivity index (χ4v) is 2.20. The summed E-state index contributed by atoms with van der Waals surface area (Å²) in [4.78, 5) is 10.3. The van der Waals surface area contributed by atoms with Crippen LogP contribution in [0.1, 0.15) is 64.2 Å². The molecule has 0 radical (unpaired) electrons. The third-order valence-electron chi connectivity index (χ3n) is 2.68. The van der Waals surface area contributed by atoms with E-state index in [1.54, 1.807) is 0 Å². The molecular weight excluding hydrogens is 327 g/mol. The van der Waals surface area contributed by atoms with Crippen molar-refractivity contribution in [3.05, 3.63) is 12.2 Å². The number of alkyl halides is 1. The summed E-state index contributed by atoms with van der Waals surface area (Å²) in [5, 5.41) is 8.46. The van der Waals surface area contributed by atoms with Gasteiger partial charge in [-0.25, -0.2) is 0 Å². The van der Waals surface area contributed by atoms with Crippen LogP contribution in [0, 0.1) is 0 Å². The van der Waals surface area contributed by atoms with Crippen molar-refractivity contribution in [3.63, 3.8) is 0 Å². The minimum atomic E-state index is -0.674. The van der Waals surface area contributed by atoms with Gasteiger partial charge in [-0.2, -0.15) is 0 Å². The number of carboxylic acid groups (broad SMARTS) is 1. The molecule has 100 valence electrons. The molecule has 0 aliphatic carbocycles. The molecule has 0 aliphatic heterocycles. The van der Waals surface area contributed by atoms with Gasteiger partial charge in [0.05, 0.1) is 0 Å². The summed E-state index contributed by atoms with van der Waals surface area (Å²) >= 11 is 2.43. The first-order valence-electron chi connectivity index (χ1n) is 6.70. The van der Waals surface area contributed by atoms with E-state index in [0.717, 1.165) is 25.7 Å². The molecule has 0 saturated heterocycles. The lowest BCUT2D eigenvalue weighted by Gasteiger charge is -1.97. The highest BCUT2D eigenvalue weighted by Crippen LogP contribution is 2.07. The van der Waals surface area contributed by atoms with Crippen LogP contribution in [0.25, 0.3) is 0 Å². The lowest BCUT2D eigenvalue weighted by molar-refractivity contribution is -0.137. The van der Waals surface area contributed by atoms with Crippen LogP contribution < -0.4 is 0 Å². The summed E-state index contributed by atoms with van der Waals surface area (Å²) in [7, 11) is 0. The van der Waals surface area contributed by atoms with Crippen LogP contribution in [0.5, 0.6) is 0 Å². The molecule has 0 aromatic carbocycles. The second kappa shape index (κ2) is 14.0. The average molecular weight is 352 g/mol. The van der Waals surface area contributed by atoms with Crippen LogP contribution >= 0.6 is 22.6 Å². The van der Waals surface area contributed by atoms with Gasteiger partial charge in [0.15, 0.2) is 0 Å². The Bertz CT molecular complexity index is 202. The van der Waals surface area contributed by atoms with Crippen LogP contribution in [0.2, 0.25) is 0 Å². The zero-order valence-corrected chi connectivity index (χ0v) is 12.8. The van der Waals surface area contributed by atoms with Crippen LogP contribution in [0.3, 0.4) is 0 Å². The molecule has 0 saturated carbocycles. The standard InChI is InChI=1S/C14H25IO2/c15-13-11-9-7-5-3-1-2-4-6-8-10-12-14(16)17/h1-2H,3-13H2,(H,16,17)/b2-1+.